The van der Waals surface area contributed by atoms with Gasteiger partial charge in [0.1, 0.15) is 0 Å². The lowest BCUT2D eigenvalue weighted by molar-refractivity contribution is -0.117. The molecule has 2 rings (SSSR count). The summed E-state index contributed by atoms with van der Waals surface area (Å²) in [7, 11) is 0. The molecule has 0 saturated heterocycles. The van der Waals surface area contributed by atoms with Crippen molar-refractivity contribution in [3.63, 3.8) is 0 Å². The number of amides is 1. The molecule has 0 heterocycles. The molecule has 1 aliphatic carbocycles. The van der Waals surface area contributed by atoms with Crippen LogP contribution in [-0.4, -0.2) is 17.0 Å². The third kappa shape index (κ3) is 3.63. The first-order chi connectivity index (χ1) is 9.60. The Morgan fingerprint density at radius 1 is 1.45 bits per heavy atom. The summed E-state index contributed by atoms with van der Waals surface area (Å²) in [6, 6.07) is 4.84. The molecule has 0 aromatic heterocycles. The van der Waals surface area contributed by atoms with Crippen molar-refractivity contribution in [2.24, 2.45) is 16.8 Å². The normalized spacial score (nSPS) is 16.4. The van der Waals surface area contributed by atoms with E-state index in [1.54, 1.807) is 18.2 Å². The number of halogens is 1. The van der Waals surface area contributed by atoms with Gasteiger partial charge in [0.05, 0.1) is 5.69 Å². The van der Waals surface area contributed by atoms with E-state index < -0.39 is 0 Å². The van der Waals surface area contributed by atoms with Gasteiger partial charge >= 0.3 is 0 Å². The molecule has 0 atom stereocenters. The second kappa shape index (κ2) is 6.61. The van der Waals surface area contributed by atoms with Gasteiger partial charge in [-0.15, -0.1) is 0 Å². The summed E-state index contributed by atoms with van der Waals surface area (Å²) in [6.45, 7) is 0. The second-order valence-corrected chi connectivity index (χ2v) is 5.51. The number of carbonyl (C=O) groups excluding carboxylic acids is 1. The largest absolute Gasteiger partial charge is 0.409 e. The van der Waals surface area contributed by atoms with E-state index in [2.05, 4.69) is 10.5 Å². The smallest absolute Gasteiger partial charge is 0.224 e. The summed E-state index contributed by atoms with van der Waals surface area (Å²) >= 11 is 5.92. The van der Waals surface area contributed by atoms with Crippen LogP contribution in [0.5, 0.6) is 0 Å². The molecule has 0 aliphatic heterocycles. The molecule has 1 aromatic carbocycles. The van der Waals surface area contributed by atoms with Crippen molar-refractivity contribution >= 4 is 29.0 Å². The first-order valence-electron chi connectivity index (χ1n) is 6.67. The third-order valence-electron chi connectivity index (χ3n) is 3.59. The van der Waals surface area contributed by atoms with Crippen LogP contribution >= 0.6 is 11.6 Å². The van der Waals surface area contributed by atoms with Gasteiger partial charge in [0, 0.05) is 17.0 Å². The van der Waals surface area contributed by atoms with E-state index in [1.807, 2.05) is 0 Å². The zero-order valence-corrected chi connectivity index (χ0v) is 11.9. The number of hydrogen-bond acceptors (Lipinski definition) is 3. The van der Waals surface area contributed by atoms with E-state index in [4.69, 9.17) is 22.5 Å². The topological polar surface area (TPSA) is 87.7 Å². The molecule has 4 N–H and O–H groups in total. The molecule has 1 aliphatic rings. The number of amidine groups is 1. The lowest BCUT2D eigenvalue weighted by Gasteiger charge is -2.13. The third-order valence-corrected chi connectivity index (χ3v) is 3.82. The van der Waals surface area contributed by atoms with Crippen molar-refractivity contribution < 1.29 is 10.0 Å². The van der Waals surface area contributed by atoms with Crippen molar-refractivity contribution in [3.05, 3.63) is 28.8 Å². The van der Waals surface area contributed by atoms with Crippen molar-refractivity contribution in [1.82, 2.24) is 0 Å². The summed E-state index contributed by atoms with van der Waals surface area (Å²) in [5, 5.41) is 15.0. The fourth-order valence-corrected chi connectivity index (χ4v) is 2.75. The number of hydrogen-bond donors (Lipinski definition) is 3. The minimum atomic E-state index is -0.0637. The number of nitrogens with zero attached hydrogens (tertiary/aromatic N) is 1. The van der Waals surface area contributed by atoms with Crippen LogP contribution in [0.15, 0.2) is 23.4 Å². The highest BCUT2D eigenvalue weighted by Gasteiger charge is 2.19. The van der Waals surface area contributed by atoms with E-state index in [1.165, 1.54) is 12.8 Å². The predicted octanol–water partition coefficient (Wildman–Crippen LogP) is 2.95. The average molecular weight is 296 g/mol. The van der Waals surface area contributed by atoms with Gasteiger partial charge < -0.3 is 16.3 Å². The molecule has 0 radical (unpaired) electrons. The molecule has 108 valence electrons. The summed E-state index contributed by atoms with van der Waals surface area (Å²) < 4.78 is 0. The maximum absolute atomic E-state index is 12.0. The molecule has 5 nitrogen and oxygen atoms in total. The Bertz CT molecular complexity index is 525. The second-order valence-electron chi connectivity index (χ2n) is 5.08. The van der Waals surface area contributed by atoms with Crippen molar-refractivity contribution in [1.29, 1.82) is 0 Å². The summed E-state index contributed by atoms with van der Waals surface area (Å²) in [4.78, 5) is 12.0. The van der Waals surface area contributed by atoms with Gasteiger partial charge in [-0.25, -0.2) is 0 Å². The number of anilines is 1. The Morgan fingerprint density at radius 3 is 2.80 bits per heavy atom. The lowest BCUT2D eigenvalue weighted by Crippen LogP contribution is -2.20. The Morgan fingerprint density at radius 2 is 2.15 bits per heavy atom. The fraction of sp³-hybridized carbons (Fsp3) is 0.429. The minimum Gasteiger partial charge on any atom is -0.409 e. The van der Waals surface area contributed by atoms with Crippen LogP contribution in [0.3, 0.4) is 0 Å². The maximum Gasteiger partial charge on any atom is 0.224 e. The van der Waals surface area contributed by atoms with E-state index in [9.17, 15) is 4.79 Å². The van der Waals surface area contributed by atoms with Gasteiger partial charge in [-0.1, -0.05) is 29.6 Å². The number of nitrogens with one attached hydrogen (secondary N) is 1. The van der Waals surface area contributed by atoms with Crippen molar-refractivity contribution in [2.75, 3.05) is 5.32 Å². The van der Waals surface area contributed by atoms with Crippen LogP contribution in [0.2, 0.25) is 5.02 Å². The summed E-state index contributed by atoms with van der Waals surface area (Å²) in [5.41, 5.74) is 6.51. The number of oxime groups is 1. The minimum absolute atomic E-state index is 0.0576. The molecule has 1 fully saturated rings. The Labute approximate surface area is 122 Å². The van der Waals surface area contributed by atoms with E-state index in [0.29, 0.717) is 28.6 Å². The van der Waals surface area contributed by atoms with Crippen LogP contribution in [0, 0.1) is 5.92 Å². The Balaban J connectivity index is 2.10. The van der Waals surface area contributed by atoms with Gasteiger partial charge in [-0.3, -0.25) is 4.79 Å². The molecular weight excluding hydrogens is 278 g/mol. The van der Waals surface area contributed by atoms with Gasteiger partial charge in [0.25, 0.3) is 0 Å². The predicted molar refractivity (Wildman–Crippen MR) is 79.2 cm³/mol. The van der Waals surface area contributed by atoms with Crippen LogP contribution in [-0.2, 0) is 4.79 Å². The van der Waals surface area contributed by atoms with E-state index >= 15 is 0 Å². The van der Waals surface area contributed by atoms with Gasteiger partial charge in [0.15, 0.2) is 5.84 Å². The fourth-order valence-electron chi connectivity index (χ4n) is 2.58. The highest BCUT2D eigenvalue weighted by Crippen LogP contribution is 2.28. The molecule has 1 aromatic rings. The Hall–Kier alpha value is -1.75. The van der Waals surface area contributed by atoms with Gasteiger partial charge in [-0.2, -0.15) is 0 Å². The van der Waals surface area contributed by atoms with E-state index in [0.717, 1.165) is 12.8 Å². The van der Waals surface area contributed by atoms with Crippen LogP contribution < -0.4 is 11.1 Å². The number of benzene rings is 1. The molecule has 6 heteroatoms. The standard InChI is InChI=1S/C14H18ClN3O2/c15-10-5-6-11(14(16)18-20)12(8-10)17-13(19)7-9-3-1-2-4-9/h5-6,8-9,20H,1-4,7H2,(H2,16,18)(H,17,19). The van der Waals surface area contributed by atoms with Crippen LogP contribution in [0.1, 0.15) is 37.7 Å². The van der Waals surface area contributed by atoms with Crippen LogP contribution in [0.25, 0.3) is 0 Å². The number of nitrogens with two attached hydrogens (primary N) is 1. The zero-order chi connectivity index (χ0) is 14.5. The van der Waals surface area contributed by atoms with Gasteiger partial charge in [-0.05, 0) is 37.0 Å². The van der Waals surface area contributed by atoms with Crippen molar-refractivity contribution in [3.8, 4) is 0 Å². The van der Waals surface area contributed by atoms with Crippen LogP contribution in [0.4, 0.5) is 5.69 Å². The Kier molecular flexibility index (Phi) is 4.84. The molecule has 20 heavy (non-hydrogen) atoms. The molecule has 0 unspecified atom stereocenters. The molecule has 1 saturated carbocycles. The maximum atomic E-state index is 12.0. The van der Waals surface area contributed by atoms with Crippen molar-refractivity contribution in [2.45, 2.75) is 32.1 Å². The first-order valence-corrected chi connectivity index (χ1v) is 7.05. The highest BCUT2D eigenvalue weighted by atomic mass is 35.5. The monoisotopic (exact) mass is 295 g/mol. The molecule has 0 spiro atoms. The van der Waals surface area contributed by atoms with Gasteiger partial charge in [0.2, 0.25) is 5.91 Å². The quantitative estimate of drug-likeness (QED) is 0.345. The SMILES string of the molecule is NC(=NO)c1ccc(Cl)cc1NC(=O)CC1CCCC1. The summed E-state index contributed by atoms with van der Waals surface area (Å²) in [6.07, 6.45) is 5.11. The molecular formula is C14H18ClN3O2. The van der Waals surface area contributed by atoms with E-state index in [-0.39, 0.29) is 11.7 Å². The molecule has 0 bridgehead atoms. The average Bonchev–Trinajstić information content (AvgIpc) is 2.90. The molecule has 1 amide bonds. The summed E-state index contributed by atoms with van der Waals surface area (Å²) in [5.74, 6) is 0.338. The number of rotatable bonds is 4. The lowest BCUT2D eigenvalue weighted by atomic mass is 10.0. The highest BCUT2D eigenvalue weighted by molar-refractivity contribution is 6.31. The number of carbonyl (C=O) groups is 1. The first kappa shape index (κ1) is 14.7. The zero-order valence-electron chi connectivity index (χ0n) is 11.1.